The number of hydrogen-bond acceptors (Lipinski definition) is 4. The average Bonchev–Trinajstić information content (AvgIpc) is 2.86. The Balaban J connectivity index is 1.82. The van der Waals surface area contributed by atoms with Crippen molar-refractivity contribution in [2.75, 3.05) is 6.61 Å². The maximum absolute atomic E-state index is 11.7. The normalized spacial score (nSPS) is 19.6. The van der Waals surface area contributed by atoms with Crippen LogP contribution in [0.3, 0.4) is 0 Å². The molecule has 1 aromatic rings. The highest BCUT2D eigenvalue weighted by atomic mass is 32.1. The molecule has 0 saturated carbocycles. The zero-order valence-electron chi connectivity index (χ0n) is 9.27. The van der Waals surface area contributed by atoms with E-state index in [-0.39, 0.29) is 12.2 Å². The predicted molar refractivity (Wildman–Crippen MR) is 64.4 cm³/mol. The number of rotatable bonds is 3. The molecule has 1 aromatic heterocycles. The second-order valence-corrected chi connectivity index (χ2v) is 4.74. The highest BCUT2D eigenvalue weighted by Crippen LogP contribution is 2.16. The van der Waals surface area contributed by atoms with Crippen molar-refractivity contribution >= 4 is 17.2 Å². The van der Waals surface area contributed by atoms with Gasteiger partial charge in [0.05, 0.1) is 9.75 Å². The van der Waals surface area contributed by atoms with E-state index in [9.17, 15) is 4.79 Å². The largest absolute Gasteiger partial charge is 0.350 e. The number of carbonyl (C=O) groups excluding carboxylic acids is 1. The third kappa shape index (κ3) is 3.30. The molecule has 0 spiro atoms. The number of nitrogens with one attached hydrogen (secondary N) is 1. The summed E-state index contributed by atoms with van der Waals surface area (Å²) in [6, 6.07) is 3.41. The van der Waals surface area contributed by atoms with E-state index < -0.39 is 0 Å². The van der Waals surface area contributed by atoms with Crippen molar-refractivity contribution in [3.05, 3.63) is 21.9 Å². The van der Waals surface area contributed by atoms with Crippen LogP contribution in [-0.2, 0) is 9.57 Å². The van der Waals surface area contributed by atoms with E-state index in [4.69, 9.17) is 16.0 Å². The van der Waals surface area contributed by atoms with E-state index in [1.807, 2.05) is 0 Å². The molecular weight excluding hydrogens is 238 g/mol. The average molecular weight is 251 g/mol. The highest BCUT2D eigenvalue weighted by molar-refractivity contribution is 7.14. The Kier molecular flexibility index (Phi) is 4.15. The summed E-state index contributed by atoms with van der Waals surface area (Å²) in [6.45, 7) is 0.681. The maximum Gasteiger partial charge on any atom is 0.285 e. The van der Waals surface area contributed by atoms with Crippen molar-refractivity contribution in [3.63, 3.8) is 0 Å². The molecule has 1 unspecified atom stereocenters. The zero-order valence-corrected chi connectivity index (χ0v) is 10.1. The highest BCUT2D eigenvalue weighted by Gasteiger charge is 2.16. The molecule has 1 amide bonds. The van der Waals surface area contributed by atoms with Gasteiger partial charge in [0.2, 0.25) is 0 Å². The first-order valence-electron chi connectivity index (χ1n) is 5.43. The number of hydrogen-bond donors (Lipinski definition) is 1. The molecule has 1 atom stereocenters. The summed E-state index contributed by atoms with van der Waals surface area (Å²) in [5.74, 6) is 2.19. The summed E-state index contributed by atoms with van der Waals surface area (Å²) in [6.07, 6.45) is 7.81. The van der Waals surface area contributed by atoms with Gasteiger partial charge in [0.15, 0.2) is 6.29 Å². The van der Waals surface area contributed by atoms with Crippen LogP contribution in [0, 0.1) is 12.3 Å². The molecule has 2 rings (SSSR count). The van der Waals surface area contributed by atoms with Gasteiger partial charge in [0, 0.05) is 13.0 Å². The molecule has 0 radical (unpaired) electrons. The Morgan fingerprint density at radius 2 is 2.47 bits per heavy atom. The Hall–Kier alpha value is -1.35. The van der Waals surface area contributed by atoms with Gasteiger partial charge in [0.1, 0.15) is 0 Å². The van der Waals surface area contributed by atoms with Crippen LogP contribution in [0.1, 0.15) is 33.8 Å². The standard InChI is InChI=1S/C12H13NO3S/c1-2-9-6-7-10(17-9)12(14)13-16-11-5-3-4-8-15-11/h1,6-7,11H,3-5,8H2,(H,13,14). The van der Waals surface area contributed by atoms with E-state index in [2.05, 4.69) is 11.4 Å². The molecule has 4 nitrogen and oxygen atoms in total. The molecular formula is C12H13NO3S. The lowest BCUT2D eigenvalue weighted by Crippen LogP contribution is -2.32. The number of hydroxylamine groups is 1. The maximum atomic E-state index is 11.7. The Morgan fingerprint density at radius 1 is 1.59 bits per heavy atom. The minimum absolute atomic E-state index is 0.286. The fourth-order valence-electron chi connectivity index (χ4n) is 1.51. The van der Waals surface area contributed by atoms with Crippen LogP contribution >= 0.6 is 11.3 Å². The third-order valence-corrected chi connectivity index (χ3v) is 3.41. The second-order valence-electron chi connectivity index (χ2n) is 3.65. The molecule has 0 aliphatic carbocycles. The van der Waals surface area contributed by atoms with E-state index >= 15 is 0 Å². The molecule has 17 heavy (non-hydrogen) atoms. The Labute approximate surface area is 104 Å². The molecule has 1 aliphatic heterocycles. The number of amides is 1. The molecule has 1 aliphatic rings. The van der Waals surface area contributed by atoms with Crippen LogP contribution in [0.5, 0.6) is 0 Å². The smallest absolute Gasteiger partial charge is 0.285 e. The van der Waals surface area contributed by atoms with Crippen molar-refractivity contribution < 1.29 is 14.4 Å². The van der Waals surface area contributed by atoms with Crippen LogP contribution in [0.2, 0.25) is 0 Å². The van der Waals surface area contributed by atoms with Gasteiger partial charge in [-0.15, -0.1) is 17.8 Å². The van der Waals surface area contributed by atoms with Gasteiger partial charge in [-0.1, -0.05) is 5.92 Å². The van der Waals surface area contributed by atoms with Crippen LogP contribution in [0.4, 0.5) is 0 Å². The molecule has 0 aromatic carbocycles. The van der Waals surface area contributed by atoms with Gasteiger partial charge in [-0.05, 0) is 25.0 Å². The van der Waals surface area contributed by atoms with Gasteiger partial charge < -0.3 is 4.74 Å². The van der Waals surface area contributed by atoms with Gasteiger partial charge in [-0.25, -0.2) is 10.3 Å². The molecule has 1 N–H and O–H groups in total. The van der Waals surface area contributed by atoms with Crippen LogP contribution in [0.25, 0.3) is 0 Å². The quantitative estimate of drug-likeness (QED) is 0.659. The lowest BCUT2D eigenvalue weighted by molar-refractivity contribution is -0.186. The fraction of sp³-hybridized carbons (Fsp3) is 0.417. The predicted octanol–water partition coefficient (Wildman–Crippen LogP) is 1.92. The monoisotopic (exact) mass is 251 g/mol. The lowest BCUT2D eigenvalue weighted by atomic mass is 10.2. The Bertz CT molecular complexity index is 429. The fourth-order valence-corrected chi connectivity index (χ4v) is 2.21. The van der Waals surface area contributed by atoms with Gasteiger partial charge in [-0.3, -0.25) is 4.79 Å². The van der Waals surface area contributed by atoms with E-state index in [0.717, 1.165) is 24.1 Å². The third-order valence-electron chi connectivity index (χ3n) is 2.39. The molecule has 5 heteroatoms. The molecule has 1 saturated heterocycles. The number of carbonyl (C=O) groups is 1. The van der Waals surface area contributed by atoms with Crippen LogP contribution < -0.4 is 5.48 Å². The van der Waals surface area contributed by atoms with Crippen molar-refractivity contribution in [3.8, 4) is 12.3 Å². The van der Waals surface area contributed by atoms with Crippen LogP contribution in [-0.4, -0.2) is 18.8 Å². The van der Waals surface area contributed by atoms with E-state index in [0.29, 0.717) is 11.5 Å². The van der Waals surface area contributed by atoms with Gasteiger partial charge in [0.25, 0.3) is 5.91 Å². The SMILES string of the molecule is C#Cc1ccc(C(=O)NOC2CCCCO2)s1. The minimum Gasteiger partial charge on any atom is -0.350 e. The second kappa shape index (κ2) is 5.82. The summed E-state index contributed by atoms with van der Waals surface area (Å²) in [4.78, 5) is 18.1. The lowest BCUT2D eigenvalue weighted by Gasteiger charge is -2.21. The summed E-state index contributed by atoms with van der Waals surface area (Å²) in [7, 11) is 0. The molecule has 0 bridgehead atoms. The van der Waals surface area contributed by atoms with Crippen molar-refractivity contribution in [1.29, 1.82) is 0 Å². The topological polar surface area (TPSA) is 47.6 Å². The Morgan fingerprint density at radius 3 is 3.12 bits per heavy atom. The van der Waals surface area contributed by atoms with Gasteiger partial charge in [-0.2, -0.15) is 0 Å². The summed E-state index contributed by atoms with van der Waals surface area (Å²) < 4.78 is 5.32. The summed E-state index contributed by atoms with van der Waals surface area (Å²) in [5, 5.41) is 0. The van der Waals surface area contributed by atoms with Crippen molar-refractivity contribution in [1.82, 2.24) is 5.48 Å². The molecule has 90 valence electrons. The first kappa shape index (κ1) is 12.1. The first-order chi connectivity index (χ1) is 8.29. The number of terminal acetylenes is 1. The van der Waals surface area contributed by atoms with Crippen LogP contribution in [0.15, 0.2) is 12.1 Å². The first-order valence-corrected chi connectivity index (χ1v) is 6.25. The summed E-state index contributed by atoms with van der Waals surface area (Å²) in [5.41, 5.74) is 2.38. The summed E-state index contributed by atoms with van der Waals surface area (Å²) >= 11 is 1.26. The van der Waals surface area contributed by atoms with Crippen molar-refractivity contribution in [2.45, 2.75) is 25.6 Å². The minimum atomic E-state index is -0.334. The molecule has 1 fully saturated rings. The van der Waals surface area contributed by atoms with Gasteiger partial charge >= 0.3 is 0 Å². The number of thiophene rings is 1. The number of ether oxygens (including phenoxy) is 1. The van der Waals surface area contributed by atoms with Crippen molar-refractivity contribution in [2.24, 2.45) is 0 Å². The molecule has 2 heterocycles. The van der Waals surface area contributed by atoms with E-state index in [1.54, 1.807) is 12.1 Å². The zero-order chi connectivity index (χ0) is 12.1. The van der Waals surface area contributed by atoms with E-state index in [1.165, 1.54) is 11.3 Å².